The lowest BCUT2D eigenvalue weighted by molar-refractivity contribution is 0.0947. The van der Waals surface area contributed by atoms with Crippen molar-refractivity contribution in [3.8, 4) is 11.6 Å². The molecular weight excluding hydrogens is 545 g/mol. The number of carbonyl (C=O) groups excluding carboxylic acids is 1. The summed E-state index contributed by atoms with van der Waals surface area (Å²) in [6, 6.07) is 12.5. The van der Waals surface area contributed by atoms with Gasteiger partial charge in [0.25, 0.3) is 5.91 Å². The summed E-state index contributed by atoms with van der Waals surface area (Å²) in [5, 5.41) is 20.8. The van der Waals surface area contributed by atoms with Crippen LogP contribution in [0.2, 0.25) is 10.0 Å². The molecule has 202 valence electrons. The largest absolute Gasteiger partial charge is 0.489 e. The highest BCUT2D eigenvalue weighted by Gasteiger charge is 2.26. The summed E-state index contributed by atoms with van der Waals surface area (Å²) in [5.74, 6) is 0.369. The van der Waals surface area contributed by atoms with Crippen LogP contribution in [0.4, 0.5) is 5.82 Å². The minimum absolute atomic E-state index is 0.0495. The van der Waals surface area contributed by atoms with E-state index in [9.17, 15) is 4.79 Å². The number of hydrogen-bond acceptors (Lipinski definition) is 10. The Morgan fingerprint density at radius 2 is 1.92 bits per heavy atom. The highest BCUT2D eigenvalue weighted by atomic mass is 35.5. The lowest BCUT2D eigenvalue weighted by Crippen LogP contribution is -2.31. The third-order valence-electron chi connectivity index (χ3n) is 6.17. The Balaban J connectivity index is 1.23. The summed E-state index contributed by atoms with van der Waals surface area (Å²) in [7, 11) is 0. The molecule has 4 aromatic rings. The summed E-state index contributed by atoms with van der Waals surface area (Å²) >= 11 is 12.1. The van der Waals surface area contributed by atoms with Crippen LogP contribution < -0.4 is 15.9 Å². The van der Waals surface area contributed by atoms with Gasteiger partial charge in [0.2, 0.25) is 11.6 Å². The second kappa shape index (κ2) is 12.2. The maximum absolute atomic E-state index is 13.0. The Labute approximate surface area is 233 Å². The van der Waals surface area contributed by atoms with Crippen molar-refractivity contribution < 1.29 is 14.2 Å². The van der Waals surface area contributed by atoms with Gasteiger partial charge in [-0.25, -0.2) is 10.1 Å². The first kappa shape index (κ1) is 26.6. The number of likely N-dealkylation sites (tertiary alicyclic amines) is 1. The number of benzene rings is 2. The fourth-order valence-corrected chi connectivity index (χ4v) is 4.59. The van der Waals surface area contributed by atoms with Crippen molar-refractivity contribution in [3.63, 3.8) is 0 Å². The highest BCUT2D eigenvalue weighted by Crippen LogP contribution is 2.23. The number of anilines is 1. The van der Waals surface area contributed by atoms with Crippen molar-refractivity contribution in [3.05, 3.63) is 75.0 Å². The first-order valence-electron chi connectivity index (χ1n) is 12.2. The van der Waals surface area contributed by atoms with Gasteiger partial charge in [0, 0.05) is 22.2 Å². The summed E-state index contributed by atoms with van der Waals surface area (Å²) in [6.45, 7) is 2.55. The predicted octanol–water partition coefficient (Wildman–Crippen LogP) is 3.87. The highest BCUT2D eigenvalue weighted by molar-refractivity contribution is 6.35. The smallest absolute Gasteiger partial charge is 0.293 e. The Morgan fingerprint density at radius 3 is 2.64 bits per heavy atom. The number of hydrogen-bond donors (Lipinski definition) is 2. The molecule has 1 fully saturated rings. The quantitative estimate of drug-likeness (QED) is 0.226. The van der Waals surface area contributed by atoms with E-state index in [0.29, 0.717) is 34.6 Å². The number of nitrogens with zero attached hydrogens (tertiary/aromatic N) is 7. The number of carbonyl (C=O) groups is 1. The fourth-order valence-electron chi connectivity index (χ4n) is 4.13. The minimum atomic E-state index is -0.515. The van der Waals surface area contributed by atoms with Crippen molar-refractivity contribution >= 4 is 41.1 Å². The zero-order valence-electron chi connectivity index (χ0n) is 20.8. The first-order valence-corrected chi connectivity index (χ1v) is 13.0. The molecule has 0 saturated carbocycles. The van der Waals surface area contributed by atoms with Crippen LogP contribution in [0.25, 0.3) is 5.82 Å². The standard InChI is InChI=1S/C25H25Cl2N9O3/c26-18-7-6-17(20(27)12-18)15-38-19-8-4-16(5-9-19)13-29-31-25(37)22-21(14-35-10-2-1-3-11-35)36(34-30-22)24-23(28)32-39-33-24/h4-9,12-13H,1-3,10-11,14-15H2,(H2,28,32)(H,31,37)/b29-13-. The molecule has 1 aliphatic heterocycles. The molecule has 0 bridgehead atoms. The van der Waals surface area contributed by atoms with Crippen molar-refractivity contribution in [1.82, 2.24) is 35.6 Å². The molecule has 1 amide bonds. The van der Waals surface area contributed by atoms with Gasteiger partial charge in [0.1, 0.15) is 12.4 Å². The van der Waals surface area contributed by atoms with E-state index in [1.807, 2.05) is 18.2 Å². The average molecular weight is 570 g/mol. The number of aromatic nitrogens is 5. The second-order valence-corrected chi connectivity index (χ2v) is 9.74. The molecule has 2 aromatic carbocycles. The summed E-state index contributed by atoms with van der Waals surface area (Å²) in [5.41, 5.74) is 10.6. The lowest BCUT2D eigenvalue weighted by Gasteiger charge is -2.26. The Morgan fingerprint density at radius 1 is 1.13 bits per heavy atom. The average Bonchev–Trinajstić information content (AvgIpc) is 3.55. The molecule has 0 unspecified atom stereocenters. The number of amides is 1. The predicted molar refractivity (Wildman–Crippen MR) is 145 cm³/mol. The summed E-state index contributed by atoms with van der Waals surface area (Å²) in [6.07, 6.45) is 4.87. The molecule has 3 N–H and O–H groups in total. The van der Waals surface area contributed by atoms with Crippen LogP contribution in [0, 0.1) is 0 Å². The van der Waals surface area contributed by atoms with Crippen LogP contribution in [0.15, 0.2) is 52.2 Å². The van der Waals surface area contributed by atoms with E-state index < -0.39 is 5.91 Å². The Bertz CT molecular complexity index is 1460. The molecule has 0 spiro atoms. The van der Waals surface area contributed by atoms with Gasteiger partial charge >= 0.3 is 0 Å². The van der Waals surface area contributed by atoms with Crippen molar-refractivity contribution in [2.24, 2.45) is 5.10 Å². The summed E-state index contributed by atoms with van der Waals surface area (Å²) in [4.78, 5) is 15.2. The monoisotopic (exact) mass is 569 g/mol. The van der Waals surface area contributed by atoms with E-state index in [-0.39, 0.29) is 17.3 Å². The molecule has 14 heteroatoms. The fraction of sp³-hybridized carbons (Fsp3) is 0.280. The van der Waals surface area contributed by atoms with Gasteiger partial charge < -0.3 is 10.5 Å². The molecule has 12 nitrogen and oxygen atoms in total. The maximum Gasteiger partial charge on any atom is 0.293 e. The van der Waals surface area contributed by atoms with Gasteiger partial charge in [-0.05, 0) is 78.2 Å². The number of nitrogen functional groups attached to an aromatic ring is 1. The van der Waals surface area contributed by atoms with Gasteiger partial charge in [0.15, 0.2) is 5.69 Å². The number of ether oxygens (including phenoxy) is 1. The van der Waals surface area contributed by atoms with Crippen LogP contribution in [0.5, 0.6) is 5.75 Å². The number of piperidine rings is 1. The molecule has 2 aromatic heterocycles. The van der Waals surface area contributed by atoms with Crippen molar-refractivity contribution in [2.75, 3.05) is 18.8 Å². The van der Waals surface area contributed by atoms with E-state index in [1.165, 1.54) is 17.3 Å². The SMILES string of the molecule is Nc1nonc1-n1nnc(C(=O)N/N=C\c2ccc(OCc3ccc(Cl)cc3Cl)cc2)c1CN1CCCCC1. The van der Waals surface area contributed by atoms with E-state index in [4.69, 9.17) is 38.3 Å². The zero-order valence-corrected chi connectivity index (χ0v) is 22.3. The molecule has 1 saturated heterocycles. The third kappa shape index (κ3) is 6.53. The minimum Gasteiger partial charge on any atom is -0.489 e. The molecule has 0 radical (unpaired) electrons. The van der Waals surface area contributed by atoms with Gasteiger partial charge in [-0.2, -0.15) is 9.78 Å². The number of hydrazone groups is 1. The van der Waals surface area contributed by atoms with E-state index >= 15 is 0 Å². The number of nitrogens with one attached hydrogen (secondary N) is 1. The van der Waals surface area contributed by atoms with Crippen LogP contribution in [-0.2, 0) is 13.2 Å². The molecule has 39 heavy (non-hydrogen) atoms. The number of halogens is 2. The third-order valence-corrected chi connectivity index (χ3v) is 6.75. The molecular formula is C25H25Cl2N9O3. The van der Waals surface area contributed by atoms with Crippen LogP contribution in [0.3, 0.4) is 0 Å². The molecule has 1 aliphatic rings. The zero-order chi connectivity index (χ0) is 27.2. The van der Waals surface area contributed by atoms with Crippen molar-refractivity contribution in [1.29, 1.82) is 0 Å². The number of rotatable bonds is 9. The normalized spacial score (nSPS) is 14.1. The van der Waals surface area contributed by atoms with Gasteiger partial charge in [0.05, 0.1) is 11.9 Å². The van der Waals surface area contributed by atoms with Gasteiger partial charge in [-0.3, -0.25) is 9.69 Å². The molecule has 0 aliphatic carbocycles. The Kier molecular flexibility index (Phi) is 8.35. The van der Waals surface area contributed by atoms with Crippen molar-refractivity contribution in [2.45, 2.75) is 32.4 Å². The number of nitrogens with two attached hydrogens (primary N) is 1. The van der Waals surface area contributed by atoms with E-state index in [0.717, 1.165) is 37.1 Å². The second-order valence-electron chi connectivity index (χ2n) is 8.90. The molecule has 5 rings (SSSR count). The van der Waals surface area contributed by atoms with Crippen LogP contribution in [0.1, 0.15) is 46.6 Å². The topological polar surface area (TPSA) is 150 Å². The van der Waals surface area contributed by atoms with E-state index in [1.54, 1.807) is 24.3 Å². The van der Waals surface area contributed by atoms with E-state index in [2.05, 4.69) is 36.1 Å². The first-order chi connectivity index (χ1) is 19.0. The molecule has 3 heterocycles. The van der Waals surface area contributed by atoms with Gasteiger partial charge in [-0.15, -0.1) is 5.10 Å². The maximum atomic E-state index is 13.0. The summed E-state index contributed by atoms with van der Waals surface area (Å²) < 4.78 is 11.9. The lowest BCUT2D eigenvalue weighted by atomic mass is 10.1. The van der Waals surface area contributed by atoms with Crippen LogP contribution >= 0.6 is 23.2 Å². The Hall–Kier alpha value is -4.00. The van der Waals surface area contributed by atoms with Crippen LogP contribution in [-0.4, -0.2) is 55.4 Å². The van der Waals surface area contributed by atoms with Gasteiger partial charge in [-0.1, -0.05) is 40.9 Å². The molecule has 0 atom stereocenters.